The first-order valence-corrected chi connectivity index (χ1v) is 43.0. The van der Waals surface area contributed by atoms with E-state index in [1.807, 2.05) is 186 Å². The summed E-state index contributed by atoms with van der Waals surface area (Å²) < 4.78 is 23.2. The number of fused-ring (bicyclic) bond motifs is 1. The van der Waals surface area contributed by atoms with Crippen LogP contribution in [0.15, 0.2) is 325 Å². The Morgan fingerprint density at radius 1 is 0.351 bits per heavy atom. The number of furan rings is 1. The largest absolute Gasteiger partial charge is 0.478 e. The molecular formula is C102H70N18O11S3. The van der Waals surface area contributed by atoms with Crippen molar-refractivity contribution in [3.63, 3.8) is 0 Å². The Bertz CT molecular complexity index is 6920. The number of ether oxygens (including phenoxy) is 2. The van der Waals surface area contributed by atoms with Gasteiger partial charge in [0, 0.05) is 110 Å². The molecule has 3 N–H and O–H groups in total. The van der Waals surface area contributed by atoms with Gasteiger partial charge in [0.2, 0.25) is 6.79 Å². The van der Waals surface area contributed by atoms with Crippen LogP contribution in [0.1, 0.15) is 161 Å². The molecule has 13 heterocycles. The summed E-state index contributed by atoms with van der Waals surface area (Å²) in [5.41, 5.74) is 12.7. The number of carboxylic acid groups (broad SMARTS) is 1. The van der Waals surface area contributed by atoms with E-state index in [0.717, 1.165) is 37.8 Å². The molecule has 6 aromatic carbocycles. The predicted molar refractivity (Wildman–Crippen MR) is 509 cm³/mol. The molecule has 0 radical (unpaired) electrons. The number of carboxylic acids is 1. The van der Waals surface area contributed by atoms with E-state index in [1.54, 1.807) is 241 Å². The molecule has 1 aliphatic heterocycles. The summed E-state index contributed by atoms with van der Waals surface area (Å²) in [5, 5.41) is 77.8. The van der Waals surface area contributed by atoms with E-state index in [9.17, 15) is 33.6 Å². The molecule has 134 heavy (non-hydrogen) atoms. The summed E-state index contributed by atoms with van der Waals surface area (Å²) in [5.74, 6) is -1.37. The van der Waals surface area contributed by atoms with Gasteiger partial charge in [-0.3, -0.25) is 28.8 Å². The molecule has 652 valence electrons. The number of aromatic amines is 2. The zero-order chi connectivity index (χ0) is 93.3. The highest BCUT2D eigenvalue weighted by molar-refractivity contribution is 7.11. The van der Waals surface area contributed by atoms with Gasteiger partial charge in [-0.15, -0.1) is 22.7 Å². The average molecular weight is 1820 g/mol. The van der Waals surface area contributed by atoms with Gasteiger partial charge in [-0.05, 0) is 288 Å². The summed E-state index contributed by atoms with van der Waals surface area (Å²) in [6.07, 6.45) is 40.9. The SMILES string of the molecule is N#Cc1cccc(C(=O)n2ccc(/C=C/c3cc[nH]c3)n2)c1.N#Cc1cccc(C(=O)n2ccc(/C=C/c3ccc[nH]3)n2)c1.N#Cc1cccc(C(=O)n2ccc(/C=C/c3ccoc3)n2)c1.N#Cc1cccc(C(=O)n2ccc(/C=C/c3ccsc3)n2)c1.O=C(O)c1ccc(C(=O)n2ccc(/C=C/c3cccs3)n2)cc1.O=C(c1ccc2c(c1)OCO2)n1ccc(/C=C/c2cccs2)n1. The van der Waals surface area contributed by atoms with Crippen molar-refractivity contribution in [3.05, 3.63) is 448 Å². The second kappa shape index (κ2) is 45.4. The fourth-order valence-corrected chi connectivity index (χ4v) is 14.0. The standard InChI is InChI=1S/2C17H12N4O.C17H11N3O2.C17H11N3OS.2C17H12N2O3S/c18-12-13-3-1-4-14(11-13)17(22)21-10-8-16(20-21)7-6-15-5-2-9-19-15;18-11-14-2-1-3-15(10-14)17(22)21-9-7-16(20-21)5-4-13-6-8-19-12-13;2*18-11-14-2-1-3-15(10-14)17(21)20-8-6-16(19-20)5-4-13-7-9-22-12-13;20-17(12-3-6-15-16(10-12)22-11-21-15)19-8-7-13(18-19)4-5-14-2-1-9-23-14;20-16(12-3-5-13(6-4-12)17(21)22)19-10-9-14(18-19)7-8-15-2-1-11-23-15/h1-11,19H;1-10,12,19H;2*1-10,12H;1-10H,11H2;1-11H,(H,21,22)/b7-6+;4*5-4+;8-7+. The van der Waals surface area contributed by atoms with E-state index in [0.29, 0.717) is 95.6 Å². The molecule has 32 heteroatoms. The molecule has 0 unspecified atom stereocenters. The number of nitrogens with one attached hydrogen (secondary N) is 2. The van der Waals surface area contributed by atoms with Gasteiger partial charge < -0.3 is 29.0 Å². The fraction of sp³-hybridized carbons (Fsp3) is 0.00980. The van der Waals surface area contributed by atoms with Crippen molar-refractivity contribution in [3.8, 4) is 35.8 Å². The van der Waals surface area contributed by atoms with Crippen molar-refractivity contribution in [1.29, 1.82) is 21.0 Å². The molecule has 0 bridgehead atoms. The molecule has 0 saturated heterocycles. The van der Waals surface area contributed by atoms with E-state index in [2.05, 4.69) is 40.6 Å². The lowest BCUT2D eigenvalue weighted by Gasteiger charge is -2.02. The fourth-order valence-electron chi connectivity index (χ4n) is 12.2. The van der Waals surface area contributed by atoms with Gasteiger partial charge in [0.15, 0.2) is 11.5 Å². The third-order valence-electron chi connectivity index (χ3n) is 18.9. The number of aromatic carboxylic acids is 1. The van der Waals surface area contributed by atoms with Crippen molar-refractivity contribution in [1.82, 2.24) is 68.7 Å². The third-order valence-corrected chi connectivity index (χ3v) is 21.3. The molecule has 18 aromatic rings. The molecule has 0 fully saturated rings. The topological polar surface area (TPSA) is 405 Å². The van der Waals surface area contributed by atoms with Crippen LogP contribution in [-0.2, 0) is 0 Å². The maximum absolute atomic E-state index is 12.5. The lowest BCUT2D eigenvalue weighted by Crippen LogP contribution is -2.13. The Hall–Kier alpha value is -19.0. The van der Waals surface area contributed by atoms with Gasteiger partial charge in [0.05, 0.1) is 98.8 Å². The van der Waals surface area contributed by atoms with Crippen LogP contribution in [0.3, 0.4) is 0 Å². The molecule has 19 rings (SSSR count). The minimum absolute atomic E-state index is 0.140. The summed E-state index contributed by atoms with van der Waals surface area (Å²) in [4.78, 5) is 93.1. The number of aromatic nitrogens is 14. The lowest BCUT2D eigenvalue weighted by molar-refractivity contribution is 0.0694. The number of thiophene rings is 3. The number of H-pyrrole nitrogens is 2. The molecule has 0 amide bonds. The van der Waals surface area contributed by atoms with Crippen LogP contribution in [0, 0.1) is 45.3 Å². The van der Waals surface area contributed by atoms with Gasteiger partial charge in [-0.2, -0.15) is 63.0 Å². The number of rotatable bonds is 19. The van der Waals surface area contributed by atoms with Crippen LogP contribution in [-0.4, -0.2) is 122 Å². The summed E-state index contributed by atoms with van der Waals surface area (Å²) in [7, 11) is 0. The molecule has 12 aromatic heterocycles. The highest BCUT2D eigenvalue weighted by Crippen LogP contribution is 2.33. The number of hydrogen-bond donors (Lipinski definition) is 3. The van der Waals surface area contributed by atoms with Crippen molar-refractivity contribution >= 4 is 148 Å². The first-order chi connectivity index (χ1) is 65.5. The van der Waals surface area contributed by atoms with Crippen LogP contribution < -0.4 is 9.47 Å². The van der Waals surface area contributed by atoms with E-state index in [4.69, 9.17) is 40.0 Å². The first-order valence-electron chi connectivity index (χ1n) is 40.3. The number of nitrogens with zero attached hydrogens (tertiary/aromatic N) is 16. The molecule has 0 saturated carbocycles. The quantitative estimate of drug-likeness (QED) is 0.0677. The van der Waals surface area contributed by atoms with E-state index < -0.39 is 5.97 Å². The maximum atomic E-state index is 12.5. The summed E-state index contributed by atoms with van der Waals surface area (Å²) in [6.45, 7) is 0.187. The van der Waals surface area contributed by atoms with Crippen LogP contribution in [0.4, 0.5) is 0 Å². The Morgan fingerprint density at radius 2 is 0.739 bits per heavy atom. The minimum Gasteiger partial charge on any atom is -0.478 e. The van der Waals surface area contributed by atoms with Crippen molar-refractivity contribution in [2.75, 3.05) is 6.79 Å². The third kappa shape index (κ3) is 25.5. The Kier molecular flexibility index (Phi) is 30.9. The molecule has 29 nitrogen and oxygen atoms in total. The second-order valence-corrected chi connectivity index (χ2v) is 30.8. The number of carbonyl (C=O) groups excluding carboxylic acids is 6. The number of carbonyl (C=O) groups is 7. The number of hydrogen-bond acceptors (Lipinski definition) is 23. The lowest BCUT2D eigenvalue weighted by atomic mass is 10.1. The van der Waals surface area contributed by atoms with E-state index >= 15 is 0 Å². The normalized spacial score (nSPS) is 11.1. The molecule has 0 aliphatic carbocycles. The molecular weight excluding hydrogens is 1750 g/mol. The Morgan fingerprint density at radius 3 is 1.10 bits per heavy atom. The van der Waals surface area contributed by atoms with Gasteiger partial charge >= 0.3 is 5.97 Å². The average Bonchev–Trinajstić information content (AvgIpc) is 1.66. The van der Waals surface area contributed by atoms with Gasteiger partial charge in [-0.25, -0.2) is 32.9 Å². The van der Waals surface area contributed by atoms with Crippen molar-refractivity contribution in [2.24, 2.45) is 0 Å². The zero-order valence-corrected chi connectivity index (χ0v) is 72.6. The Balaban J connectivity index is 0.000000129. The summed E-state index contributed by atoms with van der Waals surface area (Å²) in [6, 6.07) is 73.3. The summed E-state index contributed by atoms with van der Waals surface area (Å²) >= 11 is 4.90. The molecule has 0 spiro atoms. The maximum Gasteiger partial charge on any atom is 0.335 e. The van der Waals surface area contributed by atoms with Crippen LogP contribution in [0.2, 0.25) is 0 Å². The van der Waals surface area contributed by atoms with Crippen LogP contribution in [0.25, 0.3) is 72.9 Å². The highest BCUT2D eigenvalue weighted by Gasteiger charge is 2.20. The number of nitriles is 4. The van der Waals surface area contributed by atoms with Gasteiger partial charge in [-0.1, -0.05) is 48.6 Å². The van der Waals surface area contributed by atoms with E-state index in [-0.39, 0.29) is 47.8 Å². The predicted octanol–water partition coefficient (Wildman–Crippen LogP) is 19.8. The van der Waals surface area contributed by atoms with Gasteiger partial charge in [0.25, 0.3) is 35.4 Å². The zero-order valence-electron chi connectivity index (χ0n) is 70.1. The molecule has 0 atom stereocenters. The Labute approximate surface area is 776 Å². The van der Waals surface area contributed by atoms with E-state index in [1.165, 1.54) is 52.4 Å². The smallest absolute Gasteiger partial charge is 0.335 e. The second-order valence-electron chi connectivity index (χ2n) is 28.1. The first kappa shape index (κ1) is 91.2. The number of benzene rings is 6. The molecule has 1 aliphatic rings. The van der Waals surface area contributed by atoms with Crippen molar-refractivity contribution in [2.45, 2.75) is 0 Å². The van der Waals surface area contributed by atoms with Crippen LogP contribution >= 0.6 is 34.0 Å². The minimum atomic E-state index is -1.02. The van der Waals surface area contributed by atoms with Crippen molar-refractivity contribution < 1.29 is 52.6 Å². The monoisotopic (exact) mass is 1820 g/mol. The highest BCUT2D eigenvalue weighted by atomic mass is 32.1. The van der Waals surface area contributed by atoms with Gasteiger partial charge in [0.1, 0.15) is 0 Å². The van der Waals surface area contributed by atoms with Crippen LogP contribution in [0.5, 0.6) is 11.5 Å².